The lowest BCUT2D eigenvalue weighted by Crippen LogP contribution is -2.08. The van der Waals surface area contributed by atoms with Crippen molar-refractivity contribution in [2.75, 3.05) is 17.7 Å². The molecule has 11 aromatic rings. The van der Waals surface area contributed by atoms with Gasteiger partial charge in [0.25, 0.3) is 80.9 Å². The summed E-state index contributed by atoms with van der Waals surface area (Å²) in [6.45, 7) is 0.737. The minimum Gasteiger partial charge on any atom is -0.507 e. The molecule has 0 spiro atoms. The molecule has 0 aliphatic heterocycles. The molecule has 40 nitrogen and oxygen atoms in total. The quantitative estimate of drug-likeness (QED) is 0.0152. The van der Waals surface area contributed by atoms with Gasteiger partial charge in [-0.2, -0.15) is 82.7 Å². The molecule has 0 saturated carbocycles. The Morgan fingerprint density at radius 1 is 0.355 bits per heavy atom. The third-order valence-electron chi connectivity index (χ3n) is 15.6. The molecule has 48 heteroatoms. The fourth-order valence-corrected chi connectivity index (χ4v) is 15.6. The number of azo groups is 5. The number of phenolic OH excluding ortho intramolecular Hbond substituents is 4. The Balaban J connectivity index is 1.02. The topological polar surface area (TPSA) is 661 Å². The third-order valence-corrected chi connectivity index (χ3v) is 22.5. The van der Waals surface area contributed by atoms with Crippen molar-refractivity contribution in [3.05, 3.63) is 157 Å². The molecular formula is C62H47N11O29S8. The predicted octanol–water partition coefficient (Wildman–Crippen LogP) is 13.6. The Labute approximate surface area is 619 Å². The monoisotopic (exact) mass is 1670 g/mol. The van der Waals surface area contributed by atoms with E-state index >= 15 is 0 Å². The first kappa shape index (κ1) is 79.6. The Morgan fingerprint density at radius 3 is 1.45 bits per heavy atom. The second-order valence-corrected chi connectivity index (χ2v) is 34.4. The number of aromatic hydroxyl groups is 4. The lowest BCUT2D eigenvalue weighted by Gasteiger charge is -2.15. The van der Waals surface area contributed by atoms with Crippen LogP contribution in [0.15, 0.2) is 237 Å². The maximum Gasteiger partial charge on any atom is 0.296 e. The van der Waals surface area contributed by atoms with Crippen molar-refractivity contribution in [1.82, 2.24) is 0 Å². The fraction of sp³-hybridized carbons (Fsp3) is 0.0645. The number of benzene rings is 11. The van der Waals surface area contributed by atoms with Crippen molar-refractivity contribution in [3.8, 4) is 28.7 Å². The number of phenols is 4. The summed E-state index contributed by atoms with van der Waals surface area (Å²) in [6, 6.07) is 26.4. The number of nitrogens with zero attached hydrogens (tertiary/aromatic N) is 10. The summed E-state index contributed by atoms with van der Waals surface area (Å²) < 4.78 is 288. The van der Waals surface area contributed by atoms with Gasteiger partial charge in [-0.05, 0) is 139 Å². The van der Waals surface area contributed by atoms with Gasteiger partial charge in [0.05, 0.1) is 56.0 Å². The zero-order valence-electron chi connectivity index (χ0n) is 54.6. The number of aryl methyl sites for hydroxylation is 1. The van der Waals surface area contributed by atoms with Gasteiger partial charge in [-0.3, -0.25) is 36.4 Å². The molecule has 0 unspecified atom stereocenters. The van der Waals surface area contributed by atoms with E-state index in [0.29, 0.717) is 30.0 Å². The van der Waals surface area contributed by atoms with E-state index < -0.39 is 230 Å². The summed E-state index contributed by atoms with van der Waals surface area (Å²) in [7, 11) is -41.8. The number of fused-ring (bicyclic) bond motifs is 4. The first-order valence-corrected chi connectivity index (χ1v) is 41.6. The lowest BCUT2D eigenvalue weighted by molar-refractivity contribution is 0.317. The summed E-state index contributed by atoms with van der Waals surface area (Å²) in [5, 5.41) is 85.1. The number of nitrogens with one attached hydrogen (secondary N) is 1. The standard InChI is InChI=1S/C62H47N11O29S8/c1-30-18-46(49(102-16-7-17-103(78,79)80)29-45(30)67-69-47-25-36(104(81,82)83)20-32-21-37(105(84,85)86)26-48(74)55(32)47)68-73-59-53(109(96,97)98)27-40-42(62(59)77)23-35(24-51(40)107(90,91)92)65-70-56-41-28-54(110(99,100)101)58(61(76)39(41)14-15-44(56)63-33-8-3-2-4-9-33)71-64-34-12-13-38-31(19-34)22-52(108(93,94)95)57(60(38)75)72-66-43-10-5-6-11-50(43)106(87,88)89/h2-6,8-15,18-29,63,74-77H,7,16-17H2,1H3,(H,78,79,80)(H,81,82,83)(H,84,85,86)(H,87,88,89)(H,90,91,92)(H,93,94,95)(H,96,97,98)(H,99,100,101). The van der Waals surface area contributed by atoms with Crippen molar-refractivity contribution < 1.29 is 129 Å². The van der Waals surface area contributed by atoms with Crippen molar-refractivity contribution in [2.45, 2.75) is 47.6 Å². The van der Waals surface area contributed by atoms with Gasteiger partial charge in [0.2, 0.25) is 0 Å². The molecule has 0 aromatic heterocycles. The smallest absolute Gasteiger partial charge is 0.296 e. The Morgan fingerprint density at radius 2 is 0.855 bits per heavy atom. The van der Waals surface area contributed by atoms with Gasteiger partial charge in [-0.1, -0.05) is 30.3 Å². The number of para-hydroxylation sites is 1. The molecule has 13 N–H and O–H groups in total. The van der Waals surface area contributed by atoms with E-state index in [-0.39, 0.29) is 44.2 Å². The average Bonchev–Trinajstić information content (AvgIpc) is 0.756. The molecule has 0 bridgehead atoms. The number of hydrogen-bond acceptors (Lipinski definition) is 32. The largest absolute Gasteiger partial charge is 0.507 e. The first-order chi connectivity index (χ1) is 51.1. The Hall–Kier alpha value is -11.5. The SMILES string of the molecule is Cc1cc(N=Nc2c(S(=O)(=O)O)cc3c(S(=O)(=O)O)cc(N=Nc4c(Nc5ccccc5)ccc5c(O)c(N=Nc6ccc7c(O)c(N=Nc8ccccc8S(=O)(=O)O)c(S(=O)(=O)O)cc7c6)c(S(=O)(=O)O)cc45)cc3c2O)c(OCCCS(=O)(=O)O)cc1N=Nc1cc(S(=O)(=O)O)cc2cc(S(=O)(=O)O)cc(O)c12. The van der Waals surface area contributed by atoms with Gasteiger partial charge in [0.15, 0.2) is 17.2 Å². The van der Waals surface area contributed by atoms with Crippen LogP contribution < -0.4 is 10.1 Å². The molecule has 11 rings (SSSR count). The van der Waals surface area contributed by atoms with E-state index in [1.165, 1.54) is 31.2 Å². The third kappa shape index (κ3) is 17.5. The van der Waals surface area contributed by atoms with Crippen molar-refractivity contribution in [3.63, 3.8) is 0 Å². The van der Waals surface area contributed by atoms with E-state index in [0.717, 1.165) is 72.8 Å². The van der Waals surface area contributed by atoms with Crippen molar-refractivity contribution in [2.24, 2.45) is 51.1 Å². The minimum absolute atomic E-state index is 0.00678. The van der Waals surface area contributed by atoms with Gasteiger partial charge in [0.1, 0.15) is 70.1 Å². The molecule has 0 saturated heterocycles. The zero-order chi connectivity index (χ0) is 80.3. The number of anilines is 2. The number of hydrogen-bond donors (Lipinski definition) is 13. The average molecular weight is 1670 g/mol. The number of ether oxygens (including phenoxy) is 1. The summed E-state index contributed by atoms with van der Waals surface area (Å²) in [6.07, 6.45) is -0.438. The molecule has 572 valence electrons. The highest BCUT2D eigenvalue weighted by molar-refractivity contribution is 7.87. The van der Waals surface area contributed by atoms with Crippen LogP contribution in [0.5, 0.6) is 28.7 Å². The molecular weight excluding hydrogens is 1620 g/mol. The Kier molecular flexibility index (Phi) is 21.3. The first-order valence-electron chi connectivity index (χ1n) is 30.0. The van der Waals surface area contributed by atoms with Gasteiger partial charge in [-0.15, -0.1) is 35.8 Å². The number of rotatable bonds is 24. The fourth-order valence-electron chi connectivity index (χ4n) is 10.7. The molecule has 11 aromatic carbocycles. The lowest BCUT2D eigenvalue weighted by atomic mass is 10.0. The summed E-state index contributed by atoms with van der Waals surface area (Å²) in [5.74, 6) is -5.57. The van der Waals surface area contributed by atoms with Gasteiger partial charge in [0, 0.05) is 44.8 Å². The molecule has 0 atom stereocenters. The van der Waals surface area contributed by atoms with Crippen LogP contribution in [0.3, 0.4) is 0 Å². The zero-order valence-corrected chi connectivity index (χ0v) is 61.1. The second kappa shape index (κ2) is 29.5. The van der Waals surface area contributed by atoms with Gasteiger partial charge < -0.3 is 30.5 Å². The van der Waals surface area contributed by atoms with E-state index in [2.05, 4.69) is 56.5 Å². The molecule has 0 aliphatic rings. The highest BCUT2D eigenvalue weighted by Gasteiger charge is 2.30. The van der Waals surface area contributed by atoms with E-state index in [4.69, 9.17) is 4.74 Å². The normalized spacial score (nSPS) is 13.2. The summed E-state index contributed by atoms with van der Waals surface area (Å²) in [4.78, 5) is -7.47. The van der Waals surface area contributed by atoms with Gasteiger partial charge in [-0.25, -0.2) is 0 Å². The van der Waals surface area contributed by atoms with Crippen LogP contribution in [-0.4, -0.2) is 137 Å². The minimum atomic E-state index is -5.66. The van der Waals surface area contributed by atoms with Crippen LogP contribution in [0.1, 0.15) is 12.0 Å². The maximum atomic E-state index is 13.4. The molecule has 110 heavy (non-hydrogen) atoms. The van der Waals surface area contributed by atoms with E-state index in [1.807, 2.05) is 0 Å². The van der Waals surface area contributed by atoms with Crippen LogP contribution in [0.25, 0.3) is 43.1 Å². The summed E-state index contributed by atoms with van der Waals surface area (Å²) in [5.41, 5.74) is -6.01. The van der Waals surface area contributed by atoms with E-state index in [1.54, 1.807) is 30.3 Å². The second-order valence-electron chi connectivity index (χ2n) is 23.1. The Bertz CT molecular complexity index is 6930. The van der Waals surface area contributed by atoms with Crippen LogP contribution >= 0.6 is 0 Å². The maximum absolute atomic E-state index is 13.4. The van der Waals surface area contributed by atoms with Crippen molar-refractivity contribution >= 4 is 192 Å². The van der Waals surface area contributed by atoms with Crippen LogP contribution in [0.2, 0.25) is 0 Å². The highest BCUT2D eigenvalue weighted by Crippen LogP contribution is 2.51. The summed E-state index contributed by atoms with van der Waals surface area (Å²) >= 11 is 0. The molecule has 0 radical (unpaired) electrons. The molecule has 0 amide bonds. The van der Waals surface area contributed by atoms with Gasteiger partial charge >= 0.3 is 0 Å². The van der Waals surface area contributed by atoms with Crippen molar-refractivity contribution in [1.29, 1.82) is 0 Å². The predicted molar refractivity (Wildman–Crippen MR) is 386 cm³/mol. The highest BCUT2D eigenvalue weighted by atomic mass is 32.2. The molecule has 0 fully saturated rings. The van der Waals surface area contributed by atoms with E-state index in [9.17, 15) is 124 Å². The van der Waals surface area contributed by atoms with Crippen LogP contribution in [0, 0.1) is 6.92 Å². The molecule has 0 aliphatic carbocycles. The van der Waals surface area contributed by atoms with Crippen LogP contribution in [-0.2, 0) is 80.9 Å². The van der Waals surface area contributed by atoms with Crippen LogP contribution in [0.4, 0.5) is 68.2 Å². The molecule has 0 heterocycles.